The number of halogens is 1. The minimum Gasteiger partial charge on any atom is -0.490 e. The molecule has 0 aliphatic heterocycles. The third-order valence-corrected chi connectivity index (χ3v) is 4.47. The van der Waals surface area contributed by atoms with E-state index in [-0.39, 0.29) is 11.7 Å². The number of benzene rings is 2. The van der Waals surface area contributed by atoms with Crippen LogP contribution in [0.15, 0.2) is 42.0 Å². The van der Waals surface area contributed by atoms with E-state index in [1.807, 2.05) is 52.0 Å². The van der Waals surface area contributed by atoms with Gasteiger partial charge in [-0.25, -0.2) is 0 Å². The van der Waals surface area contributed by atoms with E-state index in [1.54, 1.807) is 24.3 Å². The first-order valence-electron chi connectivity index (χ1n) is 8.96. The maximum absolute atomic E-state index is 12.5. The molecular weight excluding hydrogens is 467 g/mol. The van der Waals surface area contributed by atoms with Crippen LogP contribution in [0, 0.1) is 21.8 Å². The fourth-order valence-electron chi connectivity index (χ4n) is 2.43. The lowest BCUT2D eigenvalue weighted by Crippen LogP contribution is -2.13. The molecule has 0 saturated carbocycles. The molecule has 0 heterocycles. The summed E-state index contributed by atoms with van der Waals surface area (Å²) in [4.78, 5) is 12.5. The standard InChI is InChI=1S/C22H23IN2O3/c1-5-27-20-12-16(11-19(23)21(20)28-14(2)3)10-17(13-24)22(26)25-18-8-6-15(4)7-9-18/h6-12,14H,5H2,1-4H3,(H,25,26)/b17-10+. The maximum atomic E-state index is 12.5. The molecule has 0 bridgehead atoms. The Kier molecular flexibility index (Phi) is 7.88. The van der Waals surface area contributed by atoms with Crippen molar-refractivity contribution < 1.29 is 14.3 Å². The Morgan fingerprint density at radius 2 is 1.96 bits per heavy atom. The van der Waals surface area contributed by atoms with Crippen molar-refractivity contribution >= 4 is 40.3 Å². The SMILES string of the molecule is CCOc1cc(/C=C(\C#N)C(=O)Nc2ccc(C)cc2)cc(I)c1OC(C)C. The van der Waals surface area contributed by atoms with Crippen LogP contribution in [0.4, 0.5) is 5.69 Å². The Labute approximate surface area is 179 Å². The van der Waals surface area contributed by atoms with Gasteiger partial charge in [0.15, 0.2) is 11.5 Å². The number of ether oxygens (including phenoxy) is 2. The first kappa shape index (κ1) is 21.8. The second-order valence-corrected chi connectivity index (χ2v) is 7.58. The van der Waals surface area contributed by atoms with Gasteiger partial charge in [0.1, 0.15) is 11.6 Å². The minimum absolute atomic E-state index is 0.00377. The molecule has 0 aliphatic carbocycles. The van der Waals surface area contributed by atoms with Gasteiger partial charge in [0.2, 0.25) is 0 Å². The number of aryl methyl sites for hydroxylation is 1. The van der Waals surface area contributed by atoms with E-state index >= 15 is 0 Å². The Hall–Kier alpha value is -2.53. The third kappa shape index (κ3) is 5.99. The number of carbonyl (C=O) groups excluding carboxylic acids is 1. The Balaban J connectivity index is 2.33. The quantitative estimate of drug-likeness (QED) is 0.324. The van der Waals surface area contributed by atoms with Crippen LogP contribution in [-0.4, -0.2) is 18.6 Å². The number of nitrogens with one attached hydrogen (secondary N) is 1. The molecule has 6 heteroatoms. The number of anilines is 1. The zero-order valence-electron chi connectivity index (χ0n) is 16.4. The van der Waals surface area contributed by atoms with Crippen molar-refractivity contribution in [2.45, 2.75) is 33.8 Å². The van der Waals surface area contributed by atoms with Crippen molar-refractivity contribution in [3.63, 3.8) is 0 Å². The van der Waals surface area contributed by atoms with E-state index in [1.165, 1.54) is 0 Å². The fraction of sp³-hybridized carbons (Fsp3) is 0.273. The van der Waals surface area contributed by atoms with Crippen LogP contribution in [-0.2, 0) is 4.79 Å². The number of amides is 1. The van der Waals surface area contributed by atoms with Gasteiger partial charge in [-0.2, -0.15) is 5.26 Å². The van der Waals surface area contributed by atoms with Crippen LogP contribution in [0.1, 0.15) is 31.9 Å². The van der Waals surface area contributed by atoms with Crippen molar-refractivity contribution in [3.8, 4) is 17.6 Å². The van der Waals surface area contributed by atoms with Crippen LogP contribution in [0.25, 0.3) is 6.08 Å². The molecule has 0 aromatic heterocycles. The van der Waals surface area contributed by atoms with E-state index in [2.05, 4.69) is 27.9 Å². The fourth-order valence-corrected chi connectivity index (χ4v) is 3.19. The summed E-state index contributed by atoms with van der Waals surface area (Å²) in [6.07, 6.45) is 1.55. The maximum Gasteiger partial charge on any atom is 0.266 e. The predicted octanol–water partition coefficient (Wildman–Crippen LogP) is 5.33. The summed E-state index contributed by atoms with van der Waals surface area (Å²) in [6, 6.07) is 13.0. The summed E-state index contributed by atoms with van der Waals surface area (Å²) in [5.74, 6) is 0.796. The second kappa shape index (κ2) is 10.1. The molecule has 2 aromatic rings. The zero-order chi connectivity index (χ0) is 20.7. The number of carbonyl (C=O) groups is 1. The Morgan fingerprint density at radius 1 is 1.29 bits per heavy atom. The lowest BCUT2D eigenvalue weighted by Gasteiger charge is -2.17. The summed E-state index contributed by atoms with van der Waals surface area (Å²) in [5.41, 5.74) is 2.44. The average Bonchev–Trinajstić information content (AvgIpc) is 2.64. The molecule has 0 aliphatic rings. The van der Waals surface area contributed by atoms with Gasteiger partial charge < -0.3 is 14.8 Å². The van der Waals surface area contributed by atoms with Crippen LogP contribution in [0.5, 0.6) is 11.5 Å². The van der Waals surface area contributed by atoms with Gasteiger partial charge in [-0.15, -0.1) is 0 Å². The highest BCUT2D eigenvalue weighted by molar-refractivity contribution is 14.1. The highest BCUT2D eigenvalue weighted by atomic mass is 127. The highest BCUT2D eigenvalue weighted by Crippen LogP contribution is 2.35. The number of nitrogens with zero attached hydrogens (tertiary/aromatic N) is 1. The Morgan fingerprint density at radius 3 is 2.54 bits per heavy atom. The normalized spacial score (nSPS) is 11.1. The Bertz CT molecular complexity index is 913. The molecule has 0 saturated heterocycles. The van der Waals surface area contributed by atoms with Crippen molar-refractivity contribution in [1.29, 1.82) is 5.26 Å². The summed E-state index contributed by atoms with van der Waals surface area (Å²) < 4.78 is 12.4. The molecule has 5 nitrogen and oxygen atoms in total. The molecule has 146 valence electrons. The second-order valence-electron chi connectivity index (χ2n) is 6.42. The molecule has 2 aromatic carbocycles. The number of rotatable bonds is 7. The average molecular weight is 490 g/mol. The van der Waals surface area contributed by atoms with E-state index in [0.29, 0.717) is 29.4 Å². The van der Waals surface area contributed by atoms with Gasteiger partial charge in [0.25, 0.3) is 5.91 Å². The van der Waals surface area contributed by atoms with Crippen molar-refractivity contribution in [3.05, 3.63) is 56.7 Å². The van der Waals surface area contributed by atoms with E-state index in [4.69, 9.17) is 9.47 Å². The van der Waals surface area contributed by atoms with Gasteiger partial charge >= 0.3 is 0 Å². The molecule has 0 radical (unpaired) electrons. The molecule has 0 spiro atoms. The van der Waals surface area contributed by atoms with Crippen molar-refractivity contribution in [1.82, 2.24) is 0 Å². The molecular formula is C22H23IN2O3. The number of nitriles is 1. The smallest absolute Gasteiger partial charge is 0.266 e. The molecule has 2 rings (SSSR count). The summed E-state index contributed by atoms with van der Waals surface area (Å²) in [6.45, 7) is 8.24. The van der Waals surface area contributed by atoms with Crippen molar-refractivity contribution in [2.75, 3.05) is 11.9 Å². The summed E-state index contributed by atoms with van der Waals surface area (Å²) >= 11 is 2.16. The molecule has 0 atom stereocenters. The molecule has 0 fully saturated rings. The molecule has 1 amide bonds. The lowest BCUT2D eigenvalue weighted by atomic mass is 10.1. The predicted molar refractivity (Wildman–Crippen MR) is 119 cm³/mol. The van der Waals surface area contributed by atoms with Crippen LogP contribution >= 0.6 is 22.6 Å². The monoisotopic (exact) mass is 490 g/mol. The number of hydrogen-bond donors (Lipinski definition) is 1. The minimum atomic E-state index is -0.457. The van der Waals surface area contributed by atoms with E-state index in [0.717, 1.165) is 9.13 Å². The van der Waals surface area contributed by atoms with Crippen LogP contribution in [0.2, 0.25) is 0 Å². The molecule has 0 unspecified atom stereocenters. The third-order valence-electron chi connectivity index (χ3n) is 3.67. The van der Waals surface area contributed by atoms with Gasteiger partial charge in [-0.3, -0.25) is 4.79 Å². The first-order valence-corrected chi connectivity index (χ1v) is 10.0. The van der Waals surface area contributed by atoms with Gasteiger partial charge in [0, 0.05) is 5.69 Å². The highest BCUT2D eigenvalue weighted by Gasteiger charge is 2.15. The molecule has 1 N–H and O–H groups in total. The zero-order valence-corrected chi connectivity index (χ0v) is 18.5. The van der Waals surface area contributed by atoms with Crippen LogP contribution in [0.3, 0.4) is 0 Å². The summed E-state index contributed by atoms with van der Waals surface area (Å²) in [5, 5.41) is 12.2. The summed E-state index contributed by atoms with van der Waals surface area (Å²) in [7, 11) is 0. The van der Waals surface area contributed by atoms with E-state index in [9.17, 15) is 10.1 Å². The van der Waals surface area contributed by atoms with Gasteiger partial charge in [-0.1, -0.05) is 17.7 Å². The van der Waals surface area contributed by atoms with Crippen molar-refractivity contribution in [2.24, 2.45) is 0 Å². The number of hydrogen-bond acceptors (Lipinski definition) is 4. The van der Waals surface area contributed by atoms with Crippen LogP contribution < -0.4 is 14.8 Å². The topological polar surface area (TPSA) is 71.3 Å². The first-order chi connectivity index (χ1) is 13.3. The molecule has 28 heavy (non-hydrogen) atoms. The van der Waals surface area contributed by atoms with Gasteiger partial charge in [-0.05, 0) is 86.2 Å². The largest absolute Gasteiger partial charge is 0.490 e. The lowest BCUT2D eigenvalue weighted by molar-refractivity contribution is -0.112. The van der Waals surface area contributed by atoms with E-state index < -0.39 is 5.91 Å². The van der Waals surface area contributed by atoms with Gasteiger partial charge in [0.05, 0.1) is 16.3 Å².